The molecule has 9 heteroatoms. The molecule has 28 heavy (non-hydrogen) atoms. The molecule has 0 saturated heterocycles. The smallest absolute Gasteiger partial charge is 0.271 e. The third-order valence-corrected chi connectivity index (χ3v) is 5.88. The van der Waals surface area contributed by atoms with E-state index in [0.29, 0.717) is 22.6 Å². The number of thioether (sulfide) groups is 1. The Morgan fingerprint density at radius 2 is 2.07 bits per heavy atom. The van der Waals surface area contributed by atoms with Crippen LogP contribution in [0.5, 0.6) is 0 Å². The summed E-state index contributed by atoms with van der Waals surface area (Å²) < 4.78 is 15.5. The first-order valence-electron chi connectivity index (χ1n) is 8.32. The summed E-state index contributed by atoms with van der Waals surface area (Å²) in [5, 5.41) is 11.0. The molecular formula is C19H16FN3O3S2. The topological polar surface area (TPSA) is 77.5 Å². The van der Waals surface area contributed by atoms with Crippen molar-refractivity contribution in [3.8, 4) is 0 Å². The van der Waals surface area contributed by atoms with E-state index in [4.69, 9.17) is 0 Å². The number of hydrogen-bond acceptors (Lipinski definition) is 5. The van der Waals surface area contributed by atoms with Crippen LogP contribution in [0.4, 0.5) is 10.1 Å². The van der Waals surface area contributed by atoms with Gasteiger partial charge in [0.2, 0.25) is 5.91 Å². The second-order valence-corrected chi connectivity index (χ2v) is 7.93. The molecular weight excluding hydrogens is 401 g/mol. The number of hydrogen-bond donors (Lipinski definition) is 0. The molecule has 3 aromatic rings. The molecule has 2 aromatic carbocycles. The molecule has 3 rings (SSSR count). The SMILES string of the molecule is C=CCn1c(=NC(=O)CCSc2ccc(F)cc2)sc2ccc([N+](=O)[O-])cc21. The third-order valence-electron chi connectivity index (χ3n) is 3.81. The van der Waals surface area contributed by atoms with E-state index in [-0.39, 0.29) is 23.8 Å². The minimum absolute atomic E-state index is 0.0170. The fourth-order valence-corrected chi connectivity index (χ4v) is 4.39. The van der Waals surface area contributed by atoms with Crippen LogP contribution in [0.3, 0.4) is 0 Å². The molecule has 0 unspecified atom stereocenters. The van der Waals surface area contributed by atoms with Gasteiger partial charge in [-0.2, -0.15) is 4.99 Å². The van der Waals surface area contributed by atoms with E-state index in [1.54, 1.807) is 28.8 Å². The molecule has 0 fully saturated rings. The van der Waals surface area contributed by atoms with Gasteiger partial charge in [0.15, 0.2) is 4.80 Å². The molecule has 0 atom stereocenters. The molecule has 0 aliphatic rings. The fourth-order valence-electron chi connectivity index (χ4n) is 2.51. The minimum Gasteiger partial charge on any atom is -0.312 e. The average Bonchev–Trinajstić information content (AvgIpc) is 3.00. The van der Waals surface area contributed by atoms with Gasteiger partial charge in [-0.05, 0) is 30.3 Å². The van der Waals surface area contributed by atoms with Crippen molar-refractivity contribution in [2.24, 2.45) is 4.99 Å². The highest BCUT2D eigenvalue weighted by atomic mass is 32.2. The van der Waals surface area contributed by atoms with Crippen LogP contribution >= 0.6 is 23.1 Å². The van der Waals surface area contributed by atoms with E-state index in [0.717, 1.165) is 9.60 Å². The Balaban J connectivity index is 1.80. The van der Waals surface area contributed by atoms with Crippen molar-refractivity contribution in [2.45, 2.75) is 17.9 Å². The molecule has 0 N–H and O–H groups in total. The summed E-state index contributed by atoms with van der Waals surface area (Å²) in [6, 6.07) is 10.7. The van der Waals surface area contributed by atoms with Crippen LogP contribution in [-0.4, -0.2) is 21.2 Å². The highest BCUT2D eigenvalue weighted by Crippen LogP contribution is 2.23. The van der Waals surface area contributed by atoms with Crippen molar-refractivity contribution < 1.29 is 14.1 Å². The second-order valence-electron chi connectivity index (χ2n) is 5.75. The Labute approximate surface area is 168 Å². The molecule has 0 saturated carbocycles. The number of carbonyl (C=O) groups excluding carboxylic acids is 1. The molecule has 0 aliphatic carbocycles. The lowest BCUT2D eigenvalue weighted by molar-refractivity contribution is -0.384. The van der Waals surface area contributed by atoms with Crippen LogP contribution in [0.2, 0.25) is 0 Å². The molecule has 0 spiro atoms. The number of aromatic nitrogens is 1. The summed E-state index contributed by atoms with van der Waals surface area (Å²) in [5.41, 5.74) is 0.628. The van der Waals surface area contributed by atoms with Crippen molar-refractivity contribution in [2.75, 3.05) is 5.75 Å². The van der Waals surface area contributed by atoms with Crippen LogP contribution in [0.15, 0.2) is 65.0 Å². The van der Waals surface area contributed by atoms with Gasteiger partial charge in [-0.25, -0.2) is 4.39 Å². The number of nitro benzene ring substituents is 1. The number of halogens is 1. The summed E-state index contributed by atoms with van der Waals surface area (Å²) in [5.74, 6) is -0.0631. The Bertz CT molecular complexity index is 1100. The van der Waals surface area contributed by atoms with Gasteiger partial charge in [0.25, 0.3) is 5.69 Å². The molecule has 6 nitrogen and oxygen atoms in total. The first kappa shape index (κ1) is 20.0. The van der Waals surface area contributed by atoms with E-state index in [9.17, 15) is 19.3 Å². The monoisotopic (exact) mass is 417 g/mol. The minimum atomic E-state index is -0.454. The average molecular weight is 417 g/mol. The van der Waals surface area contributed by atoms with Crippen LogP contribution < -0.4 is 4.80 Å². The van der Waals surface area contributed by atoms with Gasteiger partial charge in [0, 0.05) is 35.7 Å². The Morgan fingerprint density at radius 3 is 2.75 bits per heavy atom. The highest BCUT2D eigenvalue weighted by molar-refractivity contribution is 7.99. The fraction of sp³-hybridized carbons (Fsp3) is 0.158. The zero-order valence-electron chi connectivity index (χ0n) is 14.7. The van der Waals surface area contributed by atoms with E-state index >= 15 is 0 Å². The molecule has 0 bridgehead atoms. The first-order chi connectivity index (χ1) is 13.5. The number of fused-ring (bicyclic) bond motifs is 1. The van der Waals surface area contributed by atoms with Crippen LogP contribution in [0, 0.1) is 15.9 Å². The number of nitrogens with zero attached hydrogens (tertiary/aromatic N) is 3. The van der Waals surface area contributed by atoms with Crippen LogP contribution in [0.25, 0.3) is 10.2 Å². The second kappa shape index (κ2) is 8.94. The molecule has 1 amide bonds. The van der Waals surface area contributed by atoms with Crippen molar-refractivity contribution in [1.29, 1.82) is 0 Å². The third kappa shape index (κ3) is 4.73. The summed E-state index contributed by atoms with van der Waals surface area (Å²) in [7, 11) is 0. The number of rotatable bonds is 7. The standard InChI is InChI=1S/C19H16FN3O3S2/c1-2-10-22-16-12-14(23(25)26)5-8-17(16)28-19(22)21-18(24)9-11-27-15-6-3-13(20)4-7-15/h2-8,12H,1,9-11H2. The largest absolute Gasteiger partial charge is 0.312 e. The van der Waals surface area contributed by atoms with Gasteiger partial charge in [-0.3, -0.25) is 14.9 Å². The number of allylic oxidation sites excluding steroid dienone is 1. The van der Waals surface area contributed by atoms with Crippen molar-refractivity contribution in [1.82, 2.24) is 4.57 Å². The van der Waals surface area contributed by atoms with Crippen LogP contribution in [0.1, 0.15) is 6.42 Å². The highest BCUT2D eigenvalue weighted by Gasteiger charge is 2.12. The lowest BCUT2D eigenvalue weighted by Crippen LogP contribution is -2.16. The molecule has 0 radical (unpaired) electrons. The Morgan fingerprint density at radius 1 is 1.32 bits per heavy atom. The summed E-state index contributed by atoms with van der Waals surface area (Å²) in [6.07, 6.45) is 1.88. The normalized spacial score (nSPS) is 11.7. The Kier molecular flexibility index (Phi) is 6.37. The van der Waals surface area contributed by atoms with Gasteiger partial charge in [-0.15, -0.1) is 18.3 Å². The molecule has 0 aliphatic heterocycles. The number of amides is 1. The van der Waals surface area contributed by atoms with Crippen molar-refractivity contribution >= 4 is 44.9 Å². The maximum Gasteiger partial charge on any atom is 0.271 e. The zero-order chi connectivity index (χ0) is 20.1. The van der Waals surface area contributed by atoms with E-state index in [2.05, 4.69) is 11.6 Å². The Hall–Kier alpha value is -2.78. The van der Waals surface area contributed by atoms with Gasteiger partial charge < -0.3 is 4.57 Å². The van der Waals surface area contributed by atoms with Gasteiger partial charge in [0.05, 0.1) is 15.1 Å². The lowest BCUT2D eigenvalue weighted by Gasteiger charge is -2.01. The first-order valence-corrected chi connectivity index (χ1v) is 10.1. The van der Waals surface area contributed by atoms with E-state index < -0.39 is 4.92 Å². The quantitative estimate of drug-likeness (QED) is 0.245. The molecule has 1 aromatic heterocycles. The molecule has 1 heterocycles. The maximum absolute atomic E-state index is 12.9. The number of thiazole rings is 1. The van der Waals surface area contributed by atoms with Crippen molar-refractivity contribution in [3.63, 3.8) is 0 Å². The zero-order valence-corrected chi connectivity index (χ0v) is 16.3. The number of benzene rings is 2. The van der Waals surface area contributed by atoms with Gasteiger partial charge >= 0.3 is 0 Å². The molecule has 144 valence electrons. The van der Waals surface area contributed by atoms with E-state index in [1.165, 1.54) is 47.4 Å². The van der Waals surface area contributed by atoms with E-state index in [1.807, 2.05) is 0 Å². The van der Waals surface area contributed by atoms with Crippen molar-refractivity contribution in [3.05, 3.63) is 75.9 Å². The summed E-state index contributed by atoms with van der Waals surface area (Å²) in [6.45, 7) is 4.09. The summed E-state index contributed by atoms with van der Waals surface area (Å²) in [4.78, 5) is 28.4. The predicted octanol–water partition coefficient (Wildman–Crippen LogP) is 4.55. The lowest BCUT2D eigenvalue weighted by atomic mass is 10.3. The number of non-ortho nitro benzene ring substituents is 1. The van der Waals surface area contributed by atoms with Crippen LogP contribution in [-0.2, 0) is 11.3 Å². The number of nitro groups is 1. The van der Waals surface area contributed by atoms with Gasteiger partial charge in [-0.1, -0.05) is 17.4 Å². The van der Waals surface area contributed by atoms with Gasteiger partial charge in [0.1, 0.15) is 5.82 Å². The maximum atomic E-state index is 12.9. The predicted molar refractivity (Wildman–Crippen MR) is 109 cm³/mol. The summed E-state index contributed by atoms with van der Waals surface area (Å²) >= 11 is 2.75. The number of carbonyl (C=O) groups is 1.